The van der Waals surface area contributed by atoms with E-state index in [4.69, 9.17) is 9.84 Å². The highest BCUT2D eigenvalue weighted by atomic mass is 79.9. The van der Waals surface area contributed by atoms with E-state index in [1.54, 1.807) is 18.2 Å². The van der Waals surface area contributed by atoms with Crippen LogP contribution in [-0.4, -0.2) is 24.2 Å². The molecular formula is C19H17BrO5. The Morgan fingerprint density at radius 1 is 1.12 bits per heavy atom. The van der Waals surface area contributed by atoms with Gasteiger partial charge in [-0.1, -0.05) is 42.5 Å². The highest BCUT2D eigenvalue weighted by Crippen LogP contribution is 2.31. The van der Waals surface area contributed by atoms with Gasteiger partial charge in [-0.2, -0.15) is 0 Å². The number of carboxylic acids is 1. The van der Waals surface area contributed by atoms with E-state index in [1.807, 2.05) is 30.3 Å². The summed E-state index contributed by atoms with van der Waals surface area (Å²) < 4.78 is 11.1. The minimum Gasteiger partial charge on any atom is -0.488 e. The van der Waals surface area contributed by atoms with E-state index in [2.05, 4.69) is 20.7 Å². The van der Waals surface area contributed by atoms with Crippen LogP contribution in [0.3, 0.4) is 0 Å². The summed E-state index contributed by atoms with van der Waals surface area (Å²) in [6, 6.07) is 15.0. The van der Waals surface area contributed by atoms with Crippen molar-refractivity contribution in [2.75, 3.05) is 7.11 Å². The molecule has 0 aliphatic heterocycles. The Bertz CT molecular complexity index is 784. The van der Waals surface area contributed by atoms with Gasteiger partial charge in [-0.25, -0.2) is 4.79 Å². The van der Waals surface area contributed by atoms with Gasteiger partial charge < -0.3 is 14.6 Å². The van der Waals surface area contributed by atoms with Gasteiger partial charge in [0.05, 0.1) is 18.0 Å². The van der Waals surface area contributed by atoms with Gasteiger partial charge in [-0.3, -0.25) is 4.79 Å². The molecule has 0 unspecified atom stereocenters. The Morgan fingerprint density at radius 2 is 1.84 bits per heavy atom. The van der Waals surface area contributed by atoms with Crippen molar-refractivity contribution < 1.29 is 24.2 Å². The lowest BCUT2D eigenvalue weighted by Gasteiger charge is -2.11. The van der Waals surface area contributed by atoms with Crippen molar-refractivity contribution >= 4 is 33.9 Å². The van der Waals surface area contributed by atoms with Gasteiger partial charge in [-0.15, -0.1) is 0 Å². The number of rotatable bonds is 7. The van der Waals surface area contributed by atoms with Crippen molar-refractivity contribution in [2.45, 2.75) is 13.0 Å². The second kappa shape index (κ2) is 9.03. The average Bonchev–Trinajstić information content (AvgIpc) is 2.61. The second-order valence-electron chi connectivity index (χ2n) is 5.17. The fourth-order valence-electron chi connectivity index (χ4n) is 2.15. The lowest BCUT2D eigenvalue weighted by molar-refractivity contribution is -0.141. The van der Waals surface area contributed by atoms with Crippen LogP contribution in [0.5, 0.6) is 5.75 Å². The lowest BCUT2D eigenvalue weighted by atomic mass is 10.1. The fraction of sp³-hybridized carbons (Fsp3) is 0.158. The van der Waals surface area contributed by atoms with E-state index in [9.17, 15) is 9.59 Å². The van der Waals surface area contributed by atoms with Crippen molar-refractivity contribution in [2.24, 2.45) is 0 Å². The quantitative estimate of drug-likeness (QED) is 0.556. The number of halogens is 1. The van der Waals surface area contributed by atoms with Crippen molar-refractivity contribution in [3.63, 3.8) is 0 Å². The molecule has 0 radical (unpaired) electrons. The topological polar surface area (TPSA) is 72.8 Å². The summed E-state index contributed by atoms with van der Waals surface area (Å²) in [6.45, 7) is 0.394. The van der Waals surface area contributed by atoms with E-state index >= 15 is 0 Å². The summed E-state index contributed by atoms with van der Waals surface area (Å²) in [7, 11) is 1.21. The molecule has 130 valence electrons. The maximum absolute atomic E-state index is 11.8. The number of hydrogen-bond donors (Lipinski definition) is 1. The molecule has 0 spiro atoms. The van der Waals surface area contributed by atoms with E-state index in [-0.39, 0.29) is 5.57 Å². The van der Waals surface area contributed by atoms with Crippen LogP contribution in [0.1, 0.15) is 17.5 Å². The molecule has 2 aromatic carbocycles. The summed E-state index contributed by atoms with van der Waals surface area (Å²) in [6.07, 6.45) is 1.06. The third-order valence-corrected chi connectivity index (χ3v) is 4.20. The number of carboxylic acid groups (broad SMARTS) is 1. The maximum atomic E-state index is 11.8. The van der Waals surface area contributed by atoms with Gasteiger partial charge in [0.15, 0.2) is 0 Å². The summed E-state index contributed by atoms with van der Waals surface area (Å²) in [4.78, 5) is 22.7. The highest BCUT2D eigenvalue weighted by Gasteiger charge is 2.15. The highest BCUT2D eigenvalue weighted by molar-refractivity contribution is 9.10. The molecule has 0 atom stereocenters. The monoisotopic (exact) mass is 404 g/mol. The predicted molar refractivity (Wildman–Crippen MR) is 97.2 cm³/mol. The average molecular weight is 405 g/mol. The number of carbonyl (C=O) groups excluding carboxylic acids is 1. The molecule has 6 heteroatoms. The zero-order chi connectivity index (χ0) is 18.2. The number of esters is 1. The Morgan fingerprint density at radius 3 is 2.48 bits per heavy atom. The van der Waals surface area contributed by atoms with Gasteiger partial charge in [0.1, 0.15) is 12.4 Å². The second-order valence-corrected chi connectivity index (χ2v) is 5.96. The SMILES string of the molecule is COC(=O)/C(=C/c1cccc(OCc2ccccc2)c1Br)CC(=O)O. The summed E-state index contributed by atoms with van der Waals surface area (Å²) >= 11 is 3.45. The lowest BCUT2D eigenvalue weighted by Crippen LogP contribution is -2.09. The summed E-state index contributed by atoms with van der Waals surface area (Å²) in [5.74, 6) is -1.19. The molecule has 0 bridgehead atoms. The molecule has 0 saturated heterocycles. The molecule has 2 aromatic rings. The van der Waals surface area contributed by atoms with Crippen LogP contribution in [0.4, 0.5) is 0 Å². The third-order valence-electron chi connectivity index (χ3n) is 3.35. The van der Waals surface area contributed by atoms with Crippen LogP contribution in [-0.2, 0) is 20.9 Å². The first kappa shape index (κ1) is 18.7. The Kier molecular flexibility index (Phi) is 6.77. The van der Waals surface area contributed by atoms with E-state index in [1.165, 1.54) is 13.2 Å². The molecule has 0 aliphatic carbocycles. The molecular weight excluding hydrogens is 388 g/mol. The van der Waals surface area contributed by atoms with E-state index in [0.717, 1.165) is 5.56 Å². The molecule has 0 aromatic heterocycles. The van der Waals surface area contributed by atoms with Gasteiger partial charge >= 0.3 is 11.9 Å². The van der Waals surface area contributed by atoms with Crippen molar-refractivity contribution in [3.05, 3.63) is 69.7 Å². The van der Waals surface area contributed by atoms with Gasteiger partial charge in [0.25, 0.3) is 0 Å². The molecule has 25 heavy (non-hydrogen) atoms. The standard InChI is InChI=1S/C19H17BrO5/c1-24-19(23)15(11-17(21)22)10-14-8-5-9-16(18(14)20)25-12-13-6-3-2-4-7-13/h2-10H,11-12H2,1H3,(H,21,22)/b15-10+. The van der Waals surface area contributed by atoms with Gasteiger partial charge in [0.2, 0.25) is 0 Å². The zero-order valence-corrected chi connectivity index (χ0v) is 15.2. The number of carbonyl (C=O) groups is 2. The Balaban J connectivity index is 2.25. The molecule has 5 nitrogen and oxygen atoms in total. The van der Waals surface area contributed by atoms with Crippen molar-refractivity contribution in [1.29, 1.82) is 0 Å². The van der Waals surface area contributed by atoms with Crippen LogP contribution in [0.15, 0.2) is 58.6 Å². The zero-order valence-electron chi connectivity index (χ0n) is 13.6. The minimum absolute atomic E-state index is 0.0518. The molecule has 0 saturated carbocycles. The number of benzene rings is 2. The number of hydrogen-bond acceptors (Lipinski definition) is 4. The molecule has 2 rings (SSSR count). The Labute approximate surface area is 154 Å². The van der Waals surface area contributed by atoms with Crippen LogP contribution < -0.4 is 4.74 Å². The summed E-state index contributed by atoms with van der Waals surface area (Å²) in [5, 5.41) is 8.96. The minimum atomic E-state index is -1.11. The van der Waals surface area contributed by atoms with Crippen LogP contribution >= 0.6 is 15.9 Å². The first-order valence-electron chi connectivity index (χ1n) is 7.47. The van der Waals surface area contributed by atoms with Crippen LogP contribution in [0, 0.1) is 0 Å². The molecule has 0 amide bonds. The summed E-state index contributed by atoms with van der Waals surface area (Å²) in [5.41, 5.74) is 1.71. The van der Waals surface area contributed by atoms with Crippen molar-refractivity contribution in [3.8, 4) is 5.75 Å². The van der Waals surface area contributed by atoms with Crippen molar-refractivity contribution in [1.82, 2.24) is 0 Å². The maximum Gasteiger partial charge on any atom is 0.334 e. The van der Waals surface area contributed by atoms with E-state index in [0.29, 0.717) is 22.4 Å². The molecule has 0 aliphatic rings. The van der Waals surface area contributed by atoms with Gasteiger partial charge in [0, 0.05) is 5.57 Å². The predicted octanol–water partition coefficient (Wildman–Crippen LogP) is 4.06. The van der Waals surface area contributed by atoms with E-state index < -0.39 is 18.4 Å². The smallest absolute Gasteiger partial charge is 0.334 e. The molecule has 0 fully saturated rings. The largest absolute Gasteiger partial charge is 0.488 e. The number of methoxy groups -OCH3 is 1. The normalized spacial score (nSPS) is 11.0. The van der Waals surface area contributed by atoms with Gasteiger partial charge in [-0.05, 0) is 39.2 Å². The first-order valence-corrected chi connectivity index (χ1v) is 8.26. The number of aliphatic carboxylic acids is 1. The first-order chi connectivity index (χ1) is 12.0. The Hall–Kier alpha value is -2.60. The number of ether oxygens (including phenoxy) is 2. The van der Waals surface area contributed by atoms with Crippen LogP contribution in [0.25, 0.3) is 6.08 Å². The fourth-order valence-corrected chi connectivity index (χ4v) is 2.64. The molecule has 1 N–H and O–H groups in total. The molecule has 0 heterocycles. The van der Waals surface area contributed by atoms with Crippen LogP contribution in [0.2, 0.25) is 0 Å². The third kappa shape index (κ3) is 5.46.